The Morgan fingerprint density at radius 2 is 2.07 bits per heavy atom. The van der Waals surface area contributed by atoms with Gasteiger partial charge in [-0.05, 0) is 18.2 Å². The summed E-state index contributed by atoms with van der Waals surface area (Å²) in [7, 11) is -3.39. The van der Waals surface area contributed by atoms with Crippen LogP contribution in [-0.2, 0) is 9.84 Å². The molecule has 1 aromatic rings. The zero-order valence-electron chi connectivity index (χ0n) is 7.14. The highest BCUT2D eigenvalue weighted by molar-refractivity contribution is 7.97. The van der Waals surface area contributed by atoms with Crippen molar-refractivity contribution >= 4 is 28.5 Å². The minimum absolute atomic E-state index is 0.0112. The lowest BCUT2D eigenvalue weighted by atomic mass is 10.2. The molecule has 0 atom stereocenters. The van der Waals surface area contributed by atoms with E-state index in [2.05, 4.69) is 12.6 Å². The average Bonchev–Trinajstić information content (AvgIpc) is 2.40. The van der Waals surface area contributed by atoms with Gasteiger partial charge in [-0.15, -0.1) is 0 Å². The van der Waals surface area contributed by atoms with E-state index in [1.165, 1.54) is 24.3 Å². The van der Waals surface area contributed by atoms with Gasteiger partial charge in [-0.1, -0.05) is 6.07 Å². The van der Waals surface area contributed by atoms with Crippen molar-refractivity contribution in [1.29, 1.82) is 0 Å². The van der Waals surface area contributed by atoms with Crippen molar-refractivity contribution in [2.45, 2.75) is 4.90 Å². The van der Waals surface area contributed by atoms with Gasteiger partial charge in [-0.25, -0.2) is 8.42 Å². The molecule has 0 fully saturated rings. The predicted molar refractivity (Wildman–Crippen MR) is 57.1 cm³/mol. The molecule has 0 radical (unpaired) electrons. The van der Waals surface area contributed by atoms with Crippen LogP contribution >= 0.6 is 12.6 Å². The zero-order valence-corrected chi connectivity index (χ0v) is 8.85. The van der Waals surface area contributed by atoms with Crippen molar-refractivity contribution in [3.05, 3.63) is 28.7 Å². The monoisotopic (exact) mass is 228 g/mol. The normalized spacial score (nSPS) is 17.6. The van der Waals surface area contributed by atoms with E-state index in [9.17, 15) is 13.5 Å². The minimum Gasteiger partial charge on any atom is -0.507 e. The number of hydrogen-bond acceptors (Lipinski definition) is 4. The molecule has 0 amide bonds. The lowest BCUT2D eigenvalue weighted by molar-refractivity contribution is 0.472. The minimum atomic E-state index is -3.39. The Morgan fingerprint density at radius 3 is 2.64 bits per heavy atom. The Kier molecular flexibility index (Phi) is 2.08. The van der Waals surface area contributed by atoms with Crippen LogP contribution in [0.15, 0.2) is 28.0 Å². The predicted octanol–water partition coefficient (Wildman–Crippen LogP) is 1.45. The van der Waals surface area contributed by atoms with Crippen molar-refractivity contribution in [2.24, 2.45) is 0 Å². The molecule has 0 bridgehead atoms. The summed E-state index contributed by atoms with van der Waals surface area (Å²) in [5.74, 6) is 0.138. The molecule has 1 aliphatic rings. The maximum Gasteiger partial charge on any atom is 0.204 e. The van der Waals surface area contributed by atoms with Crippen molar-refractivity contribution in [1.82, 2.24) is 0 Å². The van der Waals surface area contributed by atoms with E-state index in [4.69, 9.17) is 0 Å². The maximum absolute atomic E-state index is 11.7. The number of phenolic OH excluding ortho intramolecular Hbond substituents is 1. The molecule has 0 saturated heterocycles. The number of thiol groups is 1. The summed E-state index contributed by atoms with van der Waals surface area (Å²) in [4.78, 5) is 0.402. The number of fused-ring (bicyclic) bond motifs is 1. The fraction of sp³-hybridized carbons (Fsp3) is 0.111. The van der Waals surface area contributed by atoms with Gasteiger partial charge in [0.25, 0.3) is 0 Å². The summed E-state index contributed by atoms with van der Waals surface area (Å²) < 4.78 is 23.5. The van der Waals surface area contributed by atoms with E-state index >= 15 is 0 Å². The Labute approximate surface area is 87.4 Å². The first-order valence-electron chi connectivity index (χ1n) is 3.96. The number of sulfone groups is 1. The third-order valence-electron chi connectivity index (χ3n) is 2.14. The SMILES string of the molecule is O=S1(=O)C(CS)=Cc2c(O)cccc21. The second kappa shape index (κ2) is 3.03. The largest absolute Gasteiger partial charge is 0.507 e. The number of benzene rings is 1. The van der Waals surface area contributed by atoms with Crippen LogP contribution in [0, 0.1) is 0 Å². The Hall–Kier alpha value is -0.940. The molecule has 2 rings (SSSR count). The molecular formula is C9H8O3S2. The molecule has 0 aromatic heterocycles. The average molecular weight is 228 g/mol. The number of aromatic hydroxyl groups is 1. The van der Waals surface area contributed by atoms with E-state index in [0.29, 0.717) is 5.56 Å². The molecule has 0 spiro atoms. The highest BCUT2D eigenvalue weighted by atomic mass is 32.2. The molecule has 0 aliphatic carbocycles. The van der Waals surface area contributed by atoms with Gasteiger partial charge in [0.1, 0.15) is 5.75 Å². The third-order valence-corrected chi connectivity index (χ3v) is 4.58. The highest BCUT2D eigenvalue weighted by Crippen LogP contribution is 2.37. The molecule has 1 heterocycles. The second-order valence-electron chi connectivity index (χ2n) is 2.96. The van der Waals surface area contributed by atoms with E-state index in [1.54, 1.807) is 0 Å². The quantitative estimate of drug-likeness (QED) is 0.715. The van der Waals surface area contributed by atoms with Crippen LogP contribution in [0.3, 0.4) is 0 Å². The van der Waals surface area contributed by atoms with Gasteiger partial charge in [0.15, 0.2) is 0 Å². The standard InChI is InChI=1S/C9H8O3S2/c10-8-2-1-3-9-7(8)4-6(5-13)14(9,11)12/h1-4,10,13H,5H2. The molecule has 1 aromatic carbocycles. The zero-order chi connectivity index (χ0) is 10.3. The summed E-state index contributed by atoms with van der Waals surface area (Å²) in [5, 5.41) is 9.44. The molecule has 3 nitrogen and oxygen atoms in total. The molecular weight excluding hydrogens is 220 g/mol. The van der Waals surface area contributed by atoms with Gasteiger partial charge >= 0.3 is 0 Å². The van der Waals surface area contributed by atoms with Crippen molar-refractivity contribution < 1.29 is 13.5 Å². The van der Waals surface area contributed by atoms with Gasteiger partial charge in [0.05, 0.1) is 9.80 Å². The summed E-state index contributed by atoms with van der Waals surface area (Å²) in [6, 6.07) is 4.46. The molecule has 14 heavy (non-hydrogen) atoms. The van der Waals surface area contributed by atoms with Crippen LogP contribution in [-0.4, -0.2) is 19.3 Å². The van der Waals surface area contributed by atoms with Crippen molar-refractivity contribution in [3.63, 3.8) is 0 Å². The summed E-state index contributed by atoms with van der Waals surface area (Å²) >= 11 is 3.94. The van der Waals surface area contributed by atoms with Crippen LogP contribution in [0.25, 0.3) is 6.08 Å². The number of rotatable bonds is 1. The number of phenols is 1. The molecule has 0 saturated carbocycles. The van der Waals surface area contributed by atoms with Gasteiger partial charge in [0, 0.05) is 11.3 Å². The fourth-order valence-electron chi connectivity index (χ4n) is 1.42. The summed E-state index contributed by atoms with van der Waals surface area (Å²) in [6.45, 7) is 0. The van der Waals surface area contributed by atoms with E-state index < -0.39 is 9.84 Å². The van der Waals surface area contributed by atoms with Crippen molar-refractivity contribution in [2.75, 3.05) is 5.75 Å². The second-order valence-corrected chi connectivity index (χ2v) is 5.25. The number of hydrogen-bond donors (Lipinski definition) is 2. The lowest BCUT2D eigenvalue weighted by Gasteiger charge is -2.00. The highest BCUT2D eigenvalue weighted by Gasteiger charge is 2.29. The Morgan fingerprint density at radius 1 is 1.36 bits per heavy atom. The van der Waals surface area contributed by atoms with Gasteiger partial charge in [-0.3, -0.25) is 0 Å². The molecule has 0 unspecified atom stereocenters. The van der Waals surface area contributed by atoms with Crippen LogP contribution in [0.5, 0.6) is 5.75 Å². The molecule has 74 valence electrons. The lowest BCUT2D eigenvalue weighted by Crippen LogP contribution is -2.01. The first-order valence-corrected chi connectivity index (χ1v) is 6.07. The third kappa shape index (κ3) is 1.16. The molecule has 1 aliphatic heterocycles. The van der Waals surface area contributed by atoms with Gasteiger partial charge in [0.2, 0.25) is 9.84 Å². The summed E-state index contributed by atoms with van der Waals surface area (Å²) in [6.07, 6.45) is 1.47. The Balaban J connectivity index is 2.78. The van der Waals surface area contributed by atoms with Crippen LogP contribution in [0.2, 0.25) is 0 Å². The topological polar surface area (TPSA) is 54.4 Å². The van der Waals surface area contributed by atoms with E-state index in [1.807, 2.05) is 0 Å². The van der Waals surface area contributed by atoms with E-state index in [0.717, 1.165) is 0 Å². The van der Waals surface area contributed by atoms with Crippen LogP contribution in [0.1, 0.15) is 5.56 Å². The van der Waals surface area contributed by atoms with Crippen molar-refractivity contribution in [3.8, 4) is 5.75 Å². The van der Waals surface area contributed by atoms with Crippen LogP contribution < -0.4 is 0 Å². The molecule has 1 N–H and O–H groups in total. The van der Waals surface area contributed by atoms with E-state index in [-0.39, 0.29) is 21.3 Å². The first-order chi connectivity index (χ1) is 6.57. The maximum atomic E-state index is 11.7. The Bertz CT molecular complexity index is 515. The summed E-state index contributed by atoms with van der Waals surface area (Å²) in [5.41, 5.74) is 0.372. The fourth-order valence-corrected chi connectivity index (χ4v) is 3.46. The first kappa shape index (κ1) is 9.61. The van der Waals surface area contributed by atoms with Gasteiger partial charge in [-0.2, -0.15) is 12.6 Å². The molecule has 5 heteroatoms. The van der Waals surface area contributed by atoms with Crippen LogP contribution in [0.4, 0.5) is 0 Å². The van der Waals surface area contributed by atoms with Gasteiger partial charge < -0.3 is 5.11 Å². The smallest absolute Gasteiger partial charge is 0.204 e.